The highest BCUT2D eigenvalue weighted by atomic mass is 16.5. The second-order valence-corrected chi connectivity index (χ2v) is 4.86. The number of carbonyl (C=O) groups is 1. The van der Waals surface area contributed by atoms with Gasteiger partial charge in [-0.2, -0.15) is 5.10 Å². The summed E-state index contributed by atoms with van der Waals surface area (Å²) >= 11 is 0. The monoisotopic (exact) mass is 287 g/mol. The average molecular weight is 287 g/mol. The number of benzene rings is 1. The van der Waals surface area contributed by atoms with E-state index in [2.05, 4.69) is 10.4 Å². The molecule has 0 radical (unpaired) electrons. The van der Waals surface area contributed by atoms with Gasteiger partial charge in [0.05, 0.1) is 12.6 Å². The van der Waals surface area contributed by atoms with Gasteiger partial charge in [-0.1, -0.05) is 18.2 Å². The van der Waals surface area contributed by atoms with E-state index in [0.29, 0.717) is 19.6 Å². The lowest BCUT2D eigenvalue weighted by molar-refractivity contribution is -0.122. The summed E-state index contributed by atoms with van der Waals surface area (Å²) < 4.78 is 7.33. The van der Waals surface area contributed by atoms with Crippen LogP contribution in [0.2, 0.25) is 0 Å². The molecular formula is C16H21N3O2. The first-order chi connectivity index (χ1) is 10.2. The van der Waals surface area contributed by atoms with Crippen LogP contribution in [0.1, 0.15) is 31.9 Å². The summed E-state index contributed by atoms with van der Waals surface area (Å²) in [5.41, 5.74) is 0.986. The van der Waals surface area contributed by atoms with E-state index in [4.69, 9.17) is 4.74 Å². The summed E-state index contributed by atoms with van der Waals surface area (Å²) in [6.45, 7) is 5.00. The van der Waals surface area contributed by atoms with Gasteiger partial charge in [-0.25, -0.2) is 0 Å². The molecule has 2 aromatic rings. The van der Waals surface area contributed by atoms with E-state index in [1.165, 1.54) is 0 Å². The summed E-state index contributed by atoms with van der Waals surface area (Å²) in [6, 6.07) is 9.64. The van der Waals surface area contributed by atoms with Gasteiger partial charge in [0.1, 0.15) is 5.75 Å². The van der Waals surface area contributed by atoms with Gasteiger partial charge in [-0.05, 0) is 26.0 Å². The van der Waals surface area contributed by atoms with E-state index in [-0.39, 0.29) is 11.9 Å². The van der Waals surface area contributed by atoms with Crippen LogP contribution in [0.15, 0.2) is 42.7 Å². The maximum Gasteiger partial charge on any atom is 0.222 e. The Kier molecular flexibility index (Phi) is 5.37. The molecule has 1 aromatic heterocycles. The molecule has 0 unspecified atom stereocenters. The lowest BCUT2D eigenvalue weighted by Gasteiger charge is -2.13. The standard InChI is InChI=1S/C16H21N3O2/c1-3-21-15-8-5-4-7-14(15)12-17-16(20)11-13(2)19-10-6-9-18-19/h4-10,13H,3,11-12H2,1-2H3,(H,17,20)/t13-/m0/s1. The Bertz CT molecular complexity index is 567. The fraction of sp³-hybridized carbons (Fsp3) is 0.375. The van der Waals surface area contributed by atoms with Gasteiger partial charge in [0, 0.05) is 30.9 Å². The Labute approximate surface area is 124 Å². The van der Waals surface area contributed by atoms with Crippen LogP contribution in [0.25, 0.3) is 0 Å². The van der Waals surface area contributed by atoms with Crippen molar-refractivity contribution in [1.29, 1.82) is 0 Å². The van der Waals surface area contributed by atoms with Crippen LogP contribution in [0.3, 0.4) is 0 Å². The van der Waals surface area contributed by atoms with Gasteiger partial charge < -0.3 is 10.1 Å². The first-order valence-electron chi connectivity index (χ1n) is 7.17. The molecule has 1 aromatic carbocycles. The molecule has 1 heterocycles. The van der Waals surface area contributed by atoms with E-state index in [9.17, 15) is 4.79 Å². The van der Waals surface area contributed by atoms with Gasteiger partial charge in [0.25, 0.3) is 0 Å². The number of hydrogen-bond acceptors (Lipinski definition) is 3. The molecular weight excluding hydrogens is 266 g/mol. The molecule has 112 valence electrons. The molecule has 1 N–H and O–H groups in total. The van der Waals surface area contributed by atoms with E-state index >= 15 is 0 Å². The smallest absolute Gasteiger partial charge is 0.222 e. The Hall–Kier alpha value is -2.30. The van der Waals surface area contributed by atoms with Crippen LogP contribution < -0.4 is 10.1 Å². The van der Waals surface area contributed by atoms with E-state index in [0.717, 1.165) is 11.3 Å². The molecule has 1 amide bonds. The lowest BCUT2D eigenvalue weighted by atomic mass is 10.2. The number of hydrogen-bond donors (Lipinski definition) is 1. The first-order valence-corrected chi connectivity index (χ1v) is 7.17. The van der Waals surface area contributed by atoms with Gasteiger partial charge in [-0.3, -0.25) is 9.48 Å². The van der Waals surface area contributed by atoms with Crippen LogP contribution in [0, 0.1) is 0 Å². The summed E-state index contributed by atoms with van der Waals surface area (Å²) in [7, 11) is 0. The molecule has 2 rings (SSSR count). The zero-order valence-electron chi connectivity index (χ0n) is 12.5. The van der Waals surface area contributed by atoms with Gasteiger partial charge in [0.15, 0.2) is 0 Å². The van der Waals surface area contributed by atoms with Crippen molar-refractivity contribution in [2.75, 3.05) is 6.61 Å². The Morgan fingerprint density at radius 3 is 2.90 bits per heavy atom. The molecule has 0 spiro atoms. The first kappa shape index (κ1) is 15.1. The molecule has 0 saturated heterocycles. The van der Waals surface area contributed by atoms with Crippen LogP contribution in [0.5, 0.6) is 5.75 Å². The van der Waals surface area contributed by atoms with Crippen molar-refractivity contribution < 1.29 is 9.53 Å². The highest BCUT2D eigenvalue weighted by Gasteiger charge is 2.11. The predicted molar refractivity (Wildman–Crippen MR) is 81.0 cm³/mol. The van der Waals surface area contributed by atoms with Gasteiger partial charge in [0.2, 0.25) is 5.91 Å². The zero-order valence-corrected chi connectivity index (χ0v) is 12.5. The number of ether oxygens (including phenoxy) is 1. The fourth-order valence-electron chi connectivity index (χ4n) is 2.12. The number of aromatic nitrogens is 2. The van der Waals surface area contributed by atoms with E-state index < -0.39 is 0 Å². The van der Waals surface area contributed by atoms with Crippen molar-refractivity contribution in [3.8, 4) is 5.75 Å². The van der Waals surface area contributed by atoms with Crippen LogP contribution in [-0.4, -0.2) is 22.3 Å². The molecule has 0 aliphatic rings. The third-order valence-corrected chi connectivity index (χ3v) is 3.21. The average Bonchev–Trinajstić information content (AvgIpc) is 3.01. The molecule has 1 atom stereocenters. The maximum atomic E-state index is 12.0. The predicted octanol–water partition coefficient (Wildman–Crippen LogP) is 2.55. The minimum absolute atomic E-state index is 0.00398. The highest BCUT2D eigenvalue weighted by Crippen LogP contribution is 2.17. The van der Waals surface area contributed by atoms with Crippen molar-refractivity contribution in [2.45, 2.75) is 32.9 Å². The Balaban J connectivity index is 1.86. The molecule has 5 nitrogen and oxygen atoms in total. The minimum atomic E-state index is 0.00398. The van der Waals surface area contributed by atoms with Crippen LogP contribution in [0.4, 0.5) is 0 Å². The Morgan fingerprint density at radius 2 is 2.19 bits per heavy atom. The topological polar surface area (TPSA) is 56.1 Å². The number of amides is 1. The van der Waals surface area contributed by atoms with Crippen molar-refractivity contribution in [1.82, 2.24) is 15.1 Å². The molecule has 0 saturated carbocycles. The summed E-state index contributed by atoms with van der Waals surface area (Å²) in [6.07, 6.45) is 3.98. The summed E-state index contributed by atoms with van der Waals surface area (Å²) in [5.74, 6) is 0.824. The molecule has 0 fully saturated rings. The van der Waals surface area contributed by atoms with E-state index in [1.807, 2.05) is 50.4 Å². The van der Waals surface area contributed by atoms with Gasteiger partial charge >= 0.3 is 0 Å². The van der Waals surface area contributed by atoms with Crippen LogP contribution in [-0.2, 0) is 11.3 Å². The third kappa shape index (κ3) is 4.34. The highest BCUT2D eigenvalue weighted by molar-refractivity contribution is 5.76. The van der Waals surface area contributed by atoms with E-state index in [1.54, 1.807) is 10.9 Å². The molecule has 5 heteroatoms. The number of para-hydroxylation sites is 1. The molecule has 0 aliphatic carbocycles. The quantitative estimate of drug-likeness (QED) is 0.851. The fourth-order valence-corrected chi connectivity index (χ4v) is 2.12. The van der Waals surface area contributed by atoms with Crippen molar-refractivity contribution in [3.63, 3.8) is 0 Å². The normalized spacial score (nSPS) is 11.9. The van der Waals surface area contributed by atoms with Crippen molar-refractivity contribution >= 4 is 5.91 Å². The number of nitrogens with one attached hydrogen (secondary N) is 1. The number of carbonyl (C=O) groups excluding carboxylic acids is 1. The largest absolute Gasteiger partial charge is 0.494 e. The number of nitrogens with zero attached hydrogens (tertiary/aromatic N) is 2. The van der Waals surface area contributed by atoms with Gasteiger partial charge in [-0.15, -0.1) is 0 Å². The lowest BCUT2D eigenvalue weighted by Crippen LogP contribution is -2.25. The van der Waals surface area contributed by atoms with Crippen LogP contribution >= 0.6 is 0 Å². The third-order valence-electron chi connectivity index (χ3n) is 3.21. The summed E-state index contributed by atoms with van der Waals surface area (Å²) in [4.78, 5) is 12.0. The second-order valence-electron chi connectivity index (χ2n) is 4.86. The number of rotatable bonds is 7. The molecule has 0 aliphatic heterocycles. The summed E-state index contributed by atoms with van der Waals surface area (Å²) in [5, 5.41) is 7.07. The van der Waals surface area contributed by atoms with Crippen molar-refractivity contribution in [3.05, 3.63) is 48.3 Å². The zero-order chi connectivity index (χ0) is 15.1. The van der Waals surface area contributed by atoms with Crippen molar-refractivity contribution in [2.24, 2.45) is 0 Å². The second kappa shape index (κ2) is 7.47. The molecule has 21 heavy (non-hydrogen) atoms. The SMILES string of the molecule is CCOc1ccccc1CNC(=O)C[C@H](C)n1cccn1. The Morgan fingerprint density at radius 1 is 1.38 bits per heavy atom. The minimum Gasteiger partial charge on any atom is -0.494 e. The molecule has 0 bridgehead atoms. The maximum absolute atomic E-state index is 12.0.